The molecule has 2 rings (SSSR count). The minimum absolute atomic E-state index is 0.295. The van der Waals surface area contributed by atoms with Crippen molar-refractivity contribution in [3.8, 4) is 0 Å². The van der Waals surface area contributed by atoms with Crippen molar-refractivity contribution in [2.75, 3.05) is 5.32 Å². The van der Waals surface area contributed by atoms with Gasteiger partial charge in [-0.2, -0.15) is 0 Å². The summed E-state index contributed by atoms with van der Waals surface area (Å²) in [5, 5.41) is 4.63. The zero-order chi connectivity index (χ0) is 12.5. The minimum atomic E-state index is 0.295. The van der Waals surface area contributed by atoms with E-state index in [1.165, 1.54) is 25.7 Å². The maximum atomic E-state index is 6.13. The van der Waals surface area contributed by atoms with E-state index >= 15 is 0 Å². The summed E-state index contributed by atoms with van der Waals surface area (Å²) in [4.78, 5) is 4.26. The molecule has 1 aliphatic carbocycles. The van der Waals surface area contributed by atoms with Gasteiger partial charge in [-0.3, -0.25) is 0 Å². The number of halogens is 2. The lowest BCUT2D eigenvalue weighted by Crippen LogP contribution is -2.39. The number of rotatable bonds is 2. The van der Waals surface area contributed by atoms with Crippen molar-refractivity contribution >= 4 is 29.0 Å². The lowest BCUT2D eigenvalue weighted by atomic mass is 9.73. The first-order chi connectivity index (χ1) is 7.99. The Morgan fingerprint density at radius 2 is 2.12 bits per heavy atom. The summed E-state index contributed by atoms with van der Waals surface area (Å²) in [7, 11) is 0. The Bertz CT molecular complexity index is 404. The van der Waals surface area contributed by atoms with Crippen LogP contribution in [0.5, 0.6) is 0 Å². The first kappa shape index (κ1) is 13.0. The van der Waals surface area contributed by atoms with Gasteiger partial charge in [0.1, 0.15) is 5.82 Å². The second-order valence-corrected chi connectivity index (χ2v) is 6.26. The van der Waals surface area contributed by atoms with Crippen molar-refractivity contribution in [1.82, 2.24) is 4.98 Å². The Morgan fingerprint density at radius 3 is 2.76 bits per heavy atom. The van der Waals surface area contributed by atoms with E-state index in [-0.39, 0.29) is 0 Å². The van der Waals surface area contributed by atoms with Gasteiger partial charge in [-0.15, -0.1) is 0 Å². The van der Waals surface area contributed by atoms with Gasteiger partial charge in [-0.1, -0.05) is 49.9 Å². The first-order valence-corrected chi connectivity index (χ1v) is 6.82. The highest BCUT2D eigenvalue weighted by Crippen LogP contribution is 2.38. The number of nitrogens with one attached hydrogen (secondary N) is 1. The smallest absolute Gasteiger partial charge is 0.145 e. The summed E-state index contributed by atoms with van der Waals surface area (Å²) in [6.45, 7) is 4.60. The molecule has 1 unspecified atom stereocenters. The molecule has 2 nitrogen and oxygen atoms in total. The maximum Gasteiger partial charge on any atom is 0.145 e. The van der Waals surface area contributed by atoms with Crippen molar-refractivity contribution in [3.63, 3.8) is 0 Å². The standard InChI is InChI=1S/C13H18Cl2N2/c1-13(2)6-4-3-5-11(13)17-12-10(15)7-9(14)8-16-12/h7-8,11H,3-6H2,1-2H3,(H,16,17). The molecule has 1 heterocycles. The summed E-state index contributed by atoms with van der Waals surface area (Å²) in [5.74, 6) is 0.746. The van der Waals surface area contributed by atoms with E-state index in [4.69, 9.17) is 23.2 Å². The molecular weight excluding hydrogens is 255 g/mol. The highest BCUT2D eigenvalue weighted by atomic mass is 35.5. The van der Waals surface area contributed by atoms with Gasteiger partial charge in [0.05, 0.1) is 10.0 Å². The van der Waals surface area contributed by atoms with Crippen molar-refractivity contribution in [1.29, 1.82) is 0 Å². The van der Waals surface area contributed by atoms with Gasteiger partial charge in [0.25, 0.3) is 0 Å². The van der Waals surface area contributed by atoms with Gasteiger partial charge < -0.3 is 5.32 Å². The first-order valence-electron chi connectivity index (χ1n) is 6.06. The fraction of sp³-hybridized carbons (Fsp3) is 0.615. The molecule has 0 bridgehead atoms. The molecule has 1 saturated carbocycles. The largest absolute Gasteiger partial charge is 0.366 e. The summed E-state index contributed by atoms with van der Waals surface area (Å²) < 4.78 is 0. The zero-order valence-corrected chi connectivity index (χ0v) is 11.8. The van der Waals surface area contributed by atoms with Crippen LogP contribution in [0.1, 0.15) is 39.5 Å². The minimum Gasteiger partial charge on any atom is -0.366 e. The van der Waals surface area contributed by atoms with Crippen LogP contribution in [0.3, 0.4) is 0 Å². The van der Waals surface area contributed by atoms with Gasteiger partial charge in [-0.25, -0.2) is 4.98 Å². The summed E-state index contributed by atoms with van der Waals surface area (Å²) in [6.07, 6.45) is 6.63. The Balaban J connectivity index is 2.14. The maximum absolute atomic E-state index is 6.13. The lowest BCUT2D eigenvalue weighted by Gasteiger charge is -2.39. The summed E-state index contributed by atoms with van der Waals surface area (Å²) in [5.41, 5.74) is 0.295. The van der Waals surface area contributed by atoms with Crippen LogP contribution < -0.4 is 5.32 Å². The molecule has 0 aliphatic heterocycles. The van der Waals surface area contributed by atoms with Gasteiger partial charge in [-0.05, 0) is 24.3 Å². The van der Waals surface area contributed by atoms with E-state index in [1.807, 2.05) is 0 Å². The molecule has 1 aromatic rings. The topological polar surface area (TPSA) is 24.9 Å². The Morgan fingerprint density at radius 1 is 1.35 bits per heavy atom. The monoisotopic (exact) mass is 272 g/mol. The van der Waals surface area contributed by atoms with E-state index < -0.39 is 0 Å². The predicted molar refractivity (Wildman–Crippen MR) is 73.9 cm³/mol. The van der Waals surface area contributed by atoms with Crippen LogP contribution in [0.4, 0.5) is 5.82 Å². The molecule has 1 N–H and O–H groups in total. The third kappa shape index (κ3) is 3.05. The third-order valence-corrected chi connectivity index (χ3v) is 4.12. The molecule has 1 atom stereocenters. The molecule has 4 heteroatoms. The quantitative estimate of drug-likeness (QED) is 0.839. The van der Waals surface area contributed by atoms with E-state index in [1.54, 1.807) is 12.3 Å². The number of pyridine rings is 1. The van der Waals surface area contributed by atoms with E-state index in [0.717, 1.165) is 5.82 Å². The SMILES string of the molecule is CC1(C)CCCCC1Nc1ncc(Cl)cc1Cl. The van der Waals surface area contributed by atoms with E-state index in [9.17, 15) is 0 Å². The number of nitrogens with zero attached hydrogens (tertiary/aromatic N) is 1. The molecule has 0 amide bonds. The van der Waals surface area contributed by atoms with Gasteiger partial charge in [0, 0.05) is 12.2 Å². The van der Waals surface area contributed by atoms with Gasteiger partial charge in [0.2, 0.25) is 0 Å². The van der Waals surface area contributed by atoms with Crippen molar-refractivity contribution in [3.05, 3.63) is 22.3 Å². The number of hydrogen-bond acceptors (Lipinski definition) is 2. The third-order valence-electron chi connectivity index (χ3n) is 3.63. The highest BCUT2D eigenvalue weighted by Gasteiger charge is 2.32. The Hall–Kier alpha value is -0.470. The van der Waals surface area contributed by atoms with Crippen molar-refractivity contribution in [2.45, 2.75) is 45.6 Å². The van der Waals surface area contributed by atoms with Crippen LogP contribution in [0, 0.1) is 5.41 Å². The molecule has 1 aliphatic rings. The molecular formula is C13H18Cl2N2. The van der Waals surface area contributed by atoms with Crippen molar-refractivity contribution < 1.29 is 0 Å². The van der Waals surface area contributed by atoms with Gasteiger partial charge in [0.15, 0.2) is 0 Å². The number of hydrogen-bond donors (Lipinski definition) is 1. The van der Waals surface area contributed by atoms with Crippen molar-refractivity contribution in [2.24, 2.45) is 5.41 Å². The second kappa shape index (κ2) is 5.03. The average Bonchev–Trinajstić information content (AvgIpc) is 2.24. The molecule has 0 radical (unpaired) electrons. The summed E-state index contributed by atoms with van der Waals surface area (Å²) in [6, 6.07) is 2.16. The van der Waals surface area contributed by atoms with Crippen LogP contribution in [-0.4, -0.2) is 11.0 Å². The van der Waals surface area contributed by atoms with Crippen LogP contribution in [0.25, 0.3) is 0 Å². The van der Waals surface area contributed by atoms with Crippen LogP contribution in [0.15, 0.2) is 12.3 Å². The Labute approximate surface area is 113 Å². The molecule has 94 valence electrons. The highest BCUT2D eigenvalue weighted by molar-refractivity contribution is 6.35. The number of aromatic nitrogens is 1. The summed E-state index contributed by atoms with van der Waals surface area (Å²) >= 11 is 12.0. The van der Waals surface area contributed by atoms with Gasteiger partial charge >= 0.3 is 0 Å². The normalized spacial score (nSPS) is 23.4. The molecule has 0 saturated heterocycles. The van der Waals surface area contributed by atoms with E-state index in [2.05, 4.69) is 24.1 Å². The second-order valence-electron chi connectivity index (χ2n) is 5.42. The Kier molecular flexibility index (Phi) is 3.84. The molecule has 1 fully saturated rings. The predicted octanol–water partition coefficient (Wildman–Crippen LogP) is 4.77. The van der Waals surface area contributed by atoms with Crippen LogP contribution in [-0.2, 0) is 0 Å². The van der Waals surface area contributed by atoms with Crippen LogP contribution >= 0.6 is 23.2 Å². The van der Waals surface area contributed by atoms with E-state index in [0.29, 0.717) is 21.5 Å². The fourth-order valence-electron chi connectivity index (χ4n) is 2.45. The molecule has 0 aromatic carbocycles. The zero-order valence-electron chi connectivity index (χ0n) is 10.3. The molecule has 17 heavy (non-hydrogen) atoms. The molecule has 1 aromatic heterocycles. The molecule has 0 spiro atoms. The number of anilines is 1. The fourth-order valence-corrected chi connectivity index (χ4v) is 2.88. The average molecular weight is 273 g/mol. The lowest BCUT2D eigenvalue weighted by molar-refractivity contribution is 0.216. The van der Waals surface area contributed by atoms with Crippen LogP contribution in [0.2, 0.25) is 10.0 Å².